The van der Waals surface area contributed by atoms with Crippen LogP contribution in [0.5, 0.6) is 11.5 Å². The molecule has 3 rings (SSSR count). The standard InChI is InChI=1S/C21H22N2O2/c1-17(24)15-23(19-9-3-2-4-10-19)16-18-8-5-6-12-21(18)25-20-11-7-13-22-14-20/h2-14,17,24H,15-16H2,1H3. The lowest BCUT2D eigenvalue weighted by molar-refractivity contribution is 0.199. The van der Waals surface area contributed by atoms with Gasteiger partial charge in [-0.3, -0.25) is 4.98 Å². The average Bonchev–Trinajstić information content (AvgIpc) is 2.64. The molecule has 4 heteroatoms. The molecule has 4 nitrogen and oxygen atoms in total. The summed E-state index contributed by atoms with van der Waals surface area (Å²) in [5, 5.41) is 9.89. The fraction of sp³-hybridized carbons (Fsp3) is 0.190. The van der Waals surface area contributed by atoms with Gasteiger partial charge in [0.15, 0.2) is 0 Å². The average molecular weight is 334 g/mol. The Balaban J connectivity index is 1.85. The van der Waals surface area contributed by atoms with Gasteiger partial charge in [0.25, 0.3) is 0 Å². The van der Waals surface area contributed by atoms with Crippen molar-refractivity contribution in [2.45, 2.75) is 19.6 Å². The normalized spacial score (nSPS) is 11.8. The van der Waals surface area contributed by atoms with Crippen LogP contribution in [0, 0.1) is 0 Å². The zero-order valence-electron chi connectivity index (χ0n) is 14.2. The van der Waals surface area contributed by atoms with Crippen molar-refractivity contribution in [3.63, 3.8) is 0 Å². The number of nitrogens with zero attached hydrogens (tertiary/aromatic N) is 2. The molecule has 1 unspecified atom stereocenters. The summed E-state index contributed by atoms with van der Waals surface area (Å²) < 4.78 is 6.00. The van der Waals surface area contributed by atoms with Gasteiger partial charge in [0.05, 0.1) is 12.3 Å². The Morgan fingerprint density at radius 2 is 1.76 bits per heavy atom. The fourth-order valence-electron chi connectivity index (χ4n) is 2.69. The van der Waals surface area contributed by atoms with Crippen LogP contribution in [0.1, 0.15) is 12.5 Å². The summed E-state index contributed by atoms with van der Waals surface area (Å²) in [4.78, 5) is 6.24. The van der Waals surface area contributed by atoms with Crippen molar-refractivity contribution in [3.05, 3.63) is 84.7 Å². The van der Waals surface area contributed by atoms with Gasteiger partial charge in [-0.25, -0.2) is 0 Å². The molecule has 0 saturated carbocycles. The summed E-state index contributed by atoms with van der Waals surface area (Å²) in [6, 6.07) is 21.8. The maximum Gasteiger partial charge on any atom is 0.145 e. The van der Waals surface area contributed by atoms with Crippen LogP contribution in [0.4, 0.5) is 5.69 Å². The van der Waals surface area contributed by atoms with Gasteiger partial charge in [-0.1, -0.05) is 36.4 Å². The van der Waals surface area contributed by atoms with E-state index in [2.05, 4.69) is 9.88 Å². The lowest BCUT2D eigenvalue weighted by atomic mass is 10.1. The fourth-order valence-corrected chi connectivity index (χ4v) is 2.69. The zero-order chi connectivity index (χ0) is 17.5. The number of pyridine rings is 1. The van der Waals surface area contributed by atoms with Crippen LogP contribution in [-0.2, 0) is 6.54 Å². The predicted octanol–water partition coefficient (Wildman–Crippen LogP) is 4.26. The zero-order valence-corrected chi connectivity index (χ0v) is 14.2. The third-order valence-electron chi connectivity index (χ3n) is 3.80. The van der Waals surface area contributed by atoms with Gasteiger partial charge in [-0.05, 0) is 37.3 Å². The Labute approximate surface area is 148 Å². The van der Waals surface area contributed by atoms with Crippen LogP contribution in [0.3, 0.4) is 0 Å². The summed E-state index contributed by atoms with van der Waals surface area (Å²) >= 11 is 0. The third kappa shape index (κ3) is 4.81. The Bertz CT molecular complexity index is 776. The first-order chi connectivity index (χ1) is 12.2. The molecule has 0 aliphatic carbocycles. The highest BCUT2D eigenvalue weighted by atomic mass is 16.5. The second-order valence-corrected chi connectivity index (χ2v) is 5.96. The Morgan fingerprint density at radius 3 is 2.48 bits per heavy atom. The summed E-state index contributed by atoms with van der Waals surface area (Å²) in [7, 11) is 0. The molecule has 1 aromatic heterocycles. The van der Waals surface area contributed by atoms with Crippen molar-refractivity contribution in [3.8, 4) is 11.5 Å². The van der Waals surface area contributed by atoms with Gasteiger partial charge < -0.3 is 14.7 Å². The quantitative estimate of drug-likeness (QED) is 0.701. The SMILES string of the molecule is CC(O)CN(Cc1ccccc1Oc1cccnc1)c1ccccc1. The molecule has 128 valence electrons. The van der Waals surface area contributed by atoms with E-state index in [9.17, 15) is 5.11 Å². The van der Waals surface area contributed by atoms with Crippen molar-refractivity contribution in [2.75, 3.05) is 11.4 Å². The van der Waals surface area contributed by atoms with Gasteiger partial charge in [0.2, 0.25) is 0 Å². The lowest BCUT2D eigenvalue weighted by Crippen LogP contribution is -2.30. The number of para-hydroxylation sites is 2. The van der Waals surface area contributed by atoms with Crippen molar-refractivity contribution < 1.29 is 9.84 Å². The van der Waals surface area contributed by atoms with Gasteiger partial charge >= 0.3 is 0 Å². The minimum Gasteiger partial charge on any atom is -0.455 e. The summed E-state index contributed by atoms with van der Waals surface area (Å²) in [6.07, 6.45) is 2.99. The van der Waals surface area contributed by atoms with Crippen molar-refractivity contribution in [1.29, 1.82) is 0 Å². The maximum absolute atomic E-state index is 9.89. The number of anilines is 1. The van der Waals surface area contributed by atoms with E-state index in [0.717, 1.165) is 17.0 Å². The van der Waals surface area contributed by atoms with Crippen molar-refractivity contribution in [2.24, 2.45) is 0 Å². The largest absolute Gasteiger partial charge is 0.455 e. The summed E-state index contributed by atoms with van der Waals surface area (Å²) in [6.45, 7) is 2.99. The van der Waals surface area contributed by atoms with E-state index in [4.69, 9.17) is 4.74 Å². The number of hydrogen-bond donors (Lipinski definition) is 1. The van der Waals surface area contributed by atoms with Crippen molar-refractivity contribution >= 4 is 5.69 Å². The molecule has 0 saturated heterocycles. The van der Waals surface area contributed by atoms with E-state index in [-0.39, 0.29) is 0 Å². The number of hydrogen-bond acceptors (Lipinski definition) is 4. The number of ether oxygens (including phenoxy) is 1. The molecule has 1 N–H and O–H groups in total. The second kappa shape index (κ2) is 8.31. The molecule has 0 spiro atoms. The first-order valence-corrected chi connectivity index (χ1v) is 8.36. The van der Waals surface area contributed by atoms with Gasteiger partial charge in [0, 0.05) is 30.5 Å². The summed E-state index contributed by atoms with van der Waals surface area (Å²) in [5.74, 6) is 1.50. The monoisotopic (exact) mass is 334 g/mol. The molecule has 0 radical (unpaired) electrons. The van der Waals surface area contributed by atoms with E-state index in [1.807, 2.05) is 66.7 Å². The van der Waals surface area contributed by atoms with Gasteiger partial charge in [-0.2, -0.15) is 0 Å². The highest BCUT2D eigenvalue weighted by Crippen LogP contribution is 2.27. The number of aliphatic hydroxyl groups is 1. The highest BCUT2D eigenvalue weighted by molar-refractivity contribution is 5.48. The van der Waals surface area contributed by atoms with E-state index in [1.165, 1.54) is 0 Å². The maximum atomic E-state index is 9.89. The van der Waals surface area contributed by atoms with Crippen LogP contribution in [0.2, 0.25) is 0 Å². The molecule has 0 bridgehead atoms. The molecule has 0 aliphatic rings. The van der Waals surface area contributed by atoms with Gasteiger partial charge in [0.1, 0.15) is 11.5 Å². The van der Waals surface area contributed by atoms with Crippen molar-refractivity contribution in [1.82, 2.24) is 4.98 Å². The van der Waals surface area contributed by atoms with Crippen LogP contribution < -0.4 is 9.64 Å². The first-order valence-electron chi connectivity index (χ1n) is 8.36. The molecule has 0 aliphatic heterocycles. The molecule has 0 amide bonds. The minimum absolute atomic E-state index is 0.424. The highest BCUT2D eigenvalue weighted by Gasteiger charge is 2.13. The smallest absolute Gasteiger partial charge is 0.145 e. The molecular weight excluding hydrogens is 312 g/mol. The Kier molecular flexibility index (Phi) is 5.65. The number of aromatic nitrogens is 1. The topological polar surface area (TPSA) is 45.6 Å². The molecule has 3 aromatic rings. The van der Waals surface area contributed by atoms with E-state index >= 15 is 0 Å². The number of aliphatic hydroxyl groups excluding tert-OH is 1. The Morgan fingerprint density at radius 1 is 1.00 bits per heavy atom. The van der Waals surface area contributed by atoms with Crippen LogP contribution in [-0.4, -0.2) is 22.7 Å². The molecular formula is C21H22N2O2. The van der Waals surface area contributed by atoms with E-state index in [0.29, 0.717) is 18.8 Å². The van der Waals surface area contributed by atoms with Crippen LogP contribution in [0.25, 0.3) is 0 Å². The van der Waals surface area contributed by atoms with Crippen LogP contribution in [0.15, 0.2) is 79.1 Å². The number of rotatable bonds is 7. The molecule has 25 heavy (non-hydrogen) atoms. The third-order valence-corrected chi connectivity index (χ3v) is 3.80. The number of benzene rings is 2. The molecule has 0 fully saturated rings. The van der Waals surface area contributed by atoms with E-state index in [1.54, 1.807) is 19.3 Å². The Hall–Kier alpha value is -2.85. The van der Waals surface area contributed by atoms with Gasteiger partial charge in [-0.15, -0.1) is 0 Å². The first kappa shape index (κ1) is 17.0. The predicted molar refractivity (Wildman–Crippen MR) is 99.9 cm³/mol. The molecule has 1 heterocycles. The molecule has 1 atom stereocenters. The second-order valence-electron chi connectivity index (χ2n) is 5.96. The minimum atomic E-state index is -0.424. The lowest BCUT2D eigenvalue weighted by Gasteiger charge is -2.27. The van der Waals surface area contributed by atoms with Crippen LogP contribution >= 0.6 is 0 Å². The molecule has 2 aromatic carbocycles. The summed E-state index contributed by atoms with van der Waals surface area (Å²) in [5.41, 5.74) is 2.12. The van der Waals surface area contributed by atoms with E-state index < -0.39 is 6.10 Å².